The van der Waals surface area contributed by atoms with Crippen LogP contribution in [0, 0.1) is 0 Å². The van der Waals surface area contributed by atoms with Gasteiger partial charge in [0, 0.05) is 24.6 Å². The molecular formula is C14H25N3O2. The molecular weight excluding hydrogens is 242 g/mol. The maximum Gasteiger partial charge on any atom is 0.271 e. The molecule has 1 aromatic rings. The second-order valence-electron chi connectivity index (χ2n) is 5.61. The van der Waals surface area contributed by atoms with Gasteiger partial charge in [0.05, 0.1) is 18.8 Å². The average molecular weight is 267 g/mol. The molecule has 0 aromatic carbocycles. The van der Waals surface area contributed by atoms with Crippen LogP contribution in [-0.4, -0.2) is 30.0 Å². The van der Waals surface area contributed by atoms with Gasteiger partial charge in [-0.3, -0.25) is 4.79 Å². The van der Waals surface area contributed by atoms with Crippen LogP contribution < -0.4 is 10.9 Å². The van der Waals surface area contributed by atoms with Gasteiger partial charge in [-0.05, 0) is 12.6 Å². The highest BCUT2D eigenvalue weighted by molar-refractivity contribution is 5.19. The molecule has 0 saturated heterocycles. The Kier molecular flexibility index (Phi) is 5.69. The fraction of sp³-hybridized carbons (Fsp3) is 0.714. The van der Waals surface area contributed by atoms with Crippen LogP contribution in [0.15, 0.2) is 10.9 Å². The fourth-order valence-corrected chi connectivity index (χ4v) is 1.68. The second kappa shape index (κ2) is 6.82. The number of nitrogens with zero attached hydrogens (tertiary/aromatic N) is 2. The smallest absolute Gasteiger partial charge is 0.271 e. The number of aromatic nitrogens is 2. The minimum absolute atomic E-state index is 0.0361. The Hall–Kier alpha value is -1.20. The predicted octanol–water partition coefficient (Wildman–Crippen LogP) is 1.30. The topological polar surface area (TPSA) is 56.1 Å². The molecule has 0 aliphatic heterocycles. The fourth-order valence-electron chi connectivity index (χ4n) is 1.68. The van der Waals surface area contributed by atoms with Crippen LogP contribution in [0.5, 0.6) is 0 Å². The van der Waals surface area contributed by atoms with Crippen molar-refractivity contribution in [3.8, 4) is 0 Å². The van der Waals surface area contributed by atoms with Crippen LogP contribution >= 0.6 is 0 Å². The van der Waals surface area contributed by atoms with Gasteiger partial charge in [-0.25, -0.2) is 4.68 Å². The minimum Gasteiger partial charge on any atom is -0.383 e. The first-order valence-corrected chi connectivity index (χ1v) is 6.71. The Morgan fingerprint density at radius 1 is 1.42 bits per heavy atom. The van der Waals surface area contributed by atoms with Crippen LogP contribution in [0.25, 0.3) is 0 Å². The van der Waals surface area contributed by atoms with E-state index in [1.165, 1.54) is 4.68 Å². The van der Waals surface area contributed by atoms with Gasteiger partial charge in [0.25, 0.3) is 5.56 Å². The van der Waals surface area contributed by atoms with Gasteiger partial charge < -0.3 is 10.1 Å². The van der Waals surface area contributed by atoms with E-state index in [4.69, 9.17) is 4.74 Å². The molecule has 108 valence electrons. The van der Waals surface area contributed by atoms with E-state index in [2.05, 4.69) is 31.2 Å². The van der Waals surface area contributed by atoms with Crippen LogP contribution in [-0.2, 0) is 23.2 Å². The third-order valence-electron chi connectivity index (χ3n) is 2.89. The van der Waals surface area contributed by atoms with Gasteiger partial charge in [0.1, 0.15) is 0 Å². The van der Waals surface area contributed by atoms with Crippen molar-refractivity contribution in [3.05, 3.63) is 27.7 Å². The molecule has 0 aliphatic rings. The van der Waals surface area contributed by atoms with Crippen LogP contribution in [0.1, 0.15) is 39.0 Å². The van der Waals surface area contributed by atoms with Crippen molar-refractivity contribution in [1.82, 2.24) is 15.1 Å². The third-order valence-corrected chi connectivity index (χ3v) is 2.89. The molecule has 0 aliphatic carbocycles. The minimum atomic E-state index is -0.0799. The summed E-state index contributed by atoms with van der Waals surface area (Å²) < 4.78 is 6.54. The summed E-state index contributed by atoms with van der Waals surface area (Å²) in [5.74, 6) is 0. The molecule has 1 rings (SSSR count). The third kappa shape index (κ3) is 4.44. The van der Waals surface area contributed by atoms with Crippen molar-refractivity contribution in [3.63, 3.8) is 0 Å². The molecule has 0 radical (unpaired) electrons. The van der Waals surface area contributed by atoms with E-state index in [0.717, 1.165) is 17.8 Å². The molecule has 0 unspecified atom stereocenters. The van der Waals surface area contributed by atoms with Gasteiger partial charge in [-0.1, -0.05) is 27.7 Å². The van der Waals surface area contributed by atoms with Crippen molar-refractivity contribution in [2.45, 2.75) is 46.2 Å². The largest absolute Gasteiger partial charge is 0.383 e. The molecule has 0 saturated carbocycles. The zero-order valence-corrected chi connectivity index (χ0v) is 12.6. The molecule has 0 fully saturated rings. The Balaban J connectivity index is 3.18. The highest BCUT2D eigenvalue weighted by Crippen LogP contribution is 2.19. The second-order valence-corrected chi connectivity index (χ2v) is 5.61. The van der Waals surface area contributed by atoms with Gasteiger partial charge in [-0.15, -0.1) is 0 Å². The first-order chi connectivity index (χ1) is 8.90. The Bertz CT molecular complexity index is 428. The van der Waals surface area contributed by atoms with E-state index in [-0.39, 0.29) is 11.0 Å². The van der Waals surface area contributed by atoms with E-state index in [0.29, 0.717) is 19.7 Å². The van der Waals surface area contributed by atoms with E-state index in [1.54, 1.807) is 7.11 Å². The molecule has 5 nitrogen and oxygen atoms in total. The number of nitrogens with one attached hydrogen (secondary N) is 1. The number of hydrogen-bond donors (Lipinski definition) is 1. The maximum absolute atomic E-state index is 12.3. The summed E-state index contributed by atoms with van der Waals surface area (Å²) in [7, 11) is 1.62. The molecule has 0 bridgehead atoms. The number of methoxy groups -OCH3 is 1. The van der Waals surface area contributed by atoms with Crippen molar-refractivity contribution in [2.75, 3.05) is 20.3 Å². The molecule has 0 amide bonds. The van der Waals surface area contributed by atoms with E-state index >= 15 is 0 Å². The Morgan fingerprint density at radius 2 is 2.11 bits per heavy atom. The standard InChI is InChI=1S/C14H25N3O2/c1-6-15-10-11-9-12(14(2,3)4)16-17(13(11)18)7-8-19-5/h9,15H,6-8,10H2,1-5H3. The van der Waals surface area contributed by atoms with Gasteiger partial charge in [-0.2, -0.15) is 5.10 Å². The summed E-state index contributed by atoms with van der Waals surface area (Å²) in [5.41, 5.74) is 1.57. The number of rotatable bonds is 6. The normalized spacial score (nSPS) is 11.8. The molecule has 0 spiro atoms. The molecule has 0 atom stereocenters. The number of hydrogen-bond acceptors (Lipinski definition) is 4. The van der Waals surface area contributed by atoms with Crippen LogP contribution in [0.4, 0.5) is 0 Å². The lowest BCUT2D eigenvalue weighted by molar-refractivity contribution is 0.181. The van der Waals surface area contributed by atoms with Crippen LogP contribution in [0.3, 0.4) is 0 Å². The molecule has 1 N–H and O–H groups in total. The van der Waals surface area contributed by atoms with Crippen molar-refractivity contribution in [1.29, 1.82) is 0 Å². The lowest BCUT2D eigenvalue weighted by atomic mass is 9.91. The first-order valence-electron chi connectivity index (χ1n) is 6.71. The first kappa shape index (κ1) is 15.9. The zero-order chi connectivity index (χ0) is 14.5. The van der Waals surface area contributed by atoms with E-state index in [9.17, 15) is 4.79 Å². The van der Waals surface area contributed by atoms with Gasteiger partial charge >= 0.3 is 0 Å². The van der Waals surface area contributed by atoms with E-state index in [1.807, 2.05) is 13.0 Å². The lowest BCUT2D eigenvalue weighted by Crippen LogP contribution is -2.33. The van der Waals surface area contributed by atoms with Crippen LogP contribution in [0.2, 0.25) is 0 Å². The van der Waals surface area contributed by atoms with Gasteiger partial charge in [0.2, 0.25) is 0 Å². The highest BCUT2D eigenvalue weighted by Gasteiger charge is 2.19. The summed E-state index contributed by atoms with van der Waals surface area (Å²) >= 11 is 0. The average Bonchev–Trinajstić information content (AvgIpc) is 2.34. The summed E-state index contributed by atoms with van der Waals surface area (Å²) in [4.78, 5) is 12.3. The summed E-state index contributed by atoms with van der Waals surface area (Å²) in [6.07, 6.45) is 0. The quantitative estimate of drug-likeness (QED) is 0.844. The maximum atomic E-state index is 12.3. The SMILES string of the molecule is CCNCc1cc(C(C)(C)C)nn(CCOC)c1=O. The summed E-state index contributed by atoms with van der Waals surface area (Å²) in [6.45, 7) is 10.7. The van der Waals surface area contributed by atoms with Crippen molar-refractivity contribution < 1.29 is 4.74 Å². The van der Waals surface area contributed by atoms with E-state index < -0.39 is 0 Å². The molecule has 19 heavy (non-hydrogen) atoms. The van der Waals surface area contributed by atoms with Crippen molar-refractivity contribution >= 4 is 0 Å². The molecule has 5 heteroatoms. The summed E-state index contributed by atoms with van der Waals surface area (Å²) in [5, 5.41) is 7.64. The van der Waals surface area contributed by atoms with Crippen molar-refractivity contribution in [2.24, 2.45) is 0 Å². The molecule has 1 heterocycles. The predicted molar refractivity (Wildman–Crippen MR) is 76.5 cm³/mol. The Morgan fingerprint density at radius 3 is 2.63 bits per heavy atom. The number of ether oxygens (including phenoxy) is 1. The summed E-state index contributed by atoms with van der Waals surface area (Å²) in [6, 6.07) is 1.91. The monoisotopic (exact) mass is 267 g/mol. The lowest BCUT2D eigenvalue weighted by Gasteiger charge is -2.20. The highest BCUT2D eigenvalue weighted by atomic mass is 16.5. The molecule has 1 aromatic heterocycles. The van der Waals surface area contributed by atoms with Gasteiger partial charge in [0.15, 0.2) is 0 Å². The zero-order valence-electron chi connectivity index (χ0n) is 12.6. The Labute approximate surface area is 115 Å².